The average molecular weight is 272 g/mol. The van der Waals surface area contributed by atoms with Gasteiger partial charge in [-0.05, 0) is 24.2 Å². The molecule has 19 heavy (non-hydrogen) atoms. The monoisotopic (exact) mass is 272 g/mol. The van der Waals surface area contributed by atoms with Crippen molar-refractivity contribution in [2.45, 2.75) is 61.3 Å². The molecule has 0 radical (unpaired) electrons. The predicted molar refractivity (Wildman–Crippen MR) is 74.8 cm³/mol. The molecule has 4 nitrogen and oxygen atoms in total. The van der Waals surface area contributed by atoms with Gasteiger partial charge < -0.3 is 9.84 Å². The van der Waals surface area contributed by atoms with Gasteiger partial charge in [0.1, 0.15) is 0 Å². The van der Waals surface area contributed by atoms with Crippen molar-refractivity contribution in [1.82, 2.24) is 0 Å². The highest BCUT2D eigenvalue weighted by Crippen LogP contribution is 2.37. The molecular formula is C15H28O4. The largest absolute Gasteiger partial charge is 0.481 e. The van der Waals surface area contributed by atoms with Crippen molar-refractivity contribution < 1.29 is 19.4 Å². The average Bonchev–Trinajstić information content (AvgIpc) is 2.07. The van der Waals surface area contributed by atoms with Crippen molar-refractivity contribution in [2.24, 2.45) is 16.2 Å². The fourth-order valence-electron chi connectivity index (χ4n) is 2.17. The van der Waals surface area contributed by atoms with Crippen LogP contribution >= 0.6 is 0 Å². The molecule has 0 rings (SSSR count). The zero-order chi connectivity index (χ0) is 15.5. The summed E-state index contributed by atoms with van der Waals surface area (Å²) in [6.45, 7) is 13.9. The maximum atomic E-state index is 12.2. The van der Waals surface area contributed by atoms with Crippen LogP contribution < -0.4 is 0 Å². The number of esters is 1. The highest BCUT2D eigenvalue weighted by Gasteiger charge is 2.41. The molecule has 0 heterocycles. The van der Waals surface area contributed by atoms with E-state index in [1.165, 1.54) is 0 Å². The van der Waals surface area contributed by atoms with E-state index in [1.54, 1.807) is 6.92 Å². The Bertz CT molecular complexity index is 333. The first-order chi connectivity index (χ1) is 8.25. The summed E-state index contributed by atoms with van der Waals surface area (Å²) in [5, 5.41) is 9.02. The van der Waals surface area contributed by atoms with Crippen LogP contribution in [0.3, 0.4) is 0 Å². The van der Waals surface area contributed by atoms with Crippen LogP contribution in [0.2, 0.25) is 0 Å². The van der Waals surface area contributed by atoms with E-state index in [1.807, 2.05) is 41.5 Å². The Morgan fingerprint density at radius 2 is 1.42 bits per heavy atom. The lowest BCUT2D eigenvalue weighted by Crippen LogP contribution is -2.37. The van der Waals surface area contributed by atoms with Crippen molar-refractivity contribution >= 4 is 11.9 Å². The van der Waals surface area contributed by atoms with Crippen LogP contribution in [0, 0.1) is 16.2 Å². The molecule has 0 amide bonds. The Hall–Kier alpha value is -1.06. The summed E-state index contributed by atoms with van der Waals surface area (Å²) >= 11 is 0. The van der Waals surface area contributed by atoms with Crippen molar-refractivity contribution in [3.8, 4) is 0 Å². The van der Waals surface area contributed by atoms with Crippen LogP contribution in [0.15, 0.2) is 0 Å². The third-order valence-corrected chi connectivity index (χ3v) is 2.59. The second-order valence-corrected chi connectivity index (χ2v) is 8.01. The van der Waals surface area contributed by atoms with Gasteiger partial charge in [0, 0.05) is 0 Å². The molecule has 0 aromatic rings. The van der Waals surface area contributed by atoms with Crippen LogP contribution in [-0.4, -0.2) is 23.7 Å². The molecule has 4 heteroatoms. The molecule has 0 aliphatic rings. The van der Waals surface area contributed by atoms with Gasteiger partial charge >= 0.3 is 11.9 Å². The number of carbonyl (C=O) groups is 2. The Morgan fingerprint density at radius 3 is 1.74 bits per heavy atom. The molecule has 0 spiro atoms. The van der Waals surface area contributed by atoms with Crippen LogP contribution in [0.5, 0.6) is 0 Å². The molecule has 1 atom stereocenters. The summed E-state index contributed by atoms with van der Waals surface area (Å²) in [5.41, 5.74) is -1.23. The normalized spacial score (nSPS) is 15.7. The fourth-order valence-corrected chi connectivity index (χ4v) is 2.17. The molecule has 1 N–H and O–H groups in total. The lowest BCUT2D eigenvalue weighted by molar-refractivity contribution is -0.164. The SMILES string of the molecule is CC(C)(C)COC(=O)C(C)(CC(=O)O)CC(C)(C)C. The molecule has 0 aromatic carbocycles. The van der Waals surface area contributed by atoms with Crippen molar-refractivity contribution in [3.05, 3.63) is 0 Å². The first kappa shape index (κ1) is 17.9. The quantitative estimate of drug-likeness (QED) is 0.778. The molecule has 0 fully saturated rings. The molecule has 112 valence electrons. The number of carbonyl (C=O) groups excluding carboxylic acids is 1. The smallest absolute Gasteiger partial charge is 0.312 e. The highest BCUT2D eigenvalue weighted by atomic mass is 16.5. The molecule has 0 aliphatic carbocycles. The summed E-state index contributed by atoms with van der Waals surface area (Å²) in [6.07, 6.45) is 0.280. The van der Waals surface area contributed by atoms with E-state index in [9.17, 15) is 9.59 Å². The van der Waals surface area contributed by atoms with Gasteiger partial charge in [0.15, 0.2) is 0 Å². The minimum Gasteiger partial charge on any atom is -0.481 e. The van der Waals surface area contributed by atoms with E-state index in [0.717, 1.165) is 0 Å². The number of aliphatic carboxylic acids is 1. The lowest BCUT2D eigenvalue weighted by atomic mass is 9.73. The Morgan fingerprint density at radius 1 is 0.947 bits per heavy atom. The molecule has 0 aliphatic heterocycles. The summed E-state index contributed by atoms with van der Waals surface area (Å²) in [4.78, 5) is 23.2. The number of hydrogen-bond donors (Lipinski definition) is 1. The first-order valence-electron chi connectivity index (χ1n) is 6.64. The van der Waals surface area contributed by atoms with E-state index >= 15 is 0 Å². The zero-order valence-corrected chi connectivity index (χ0v) is 13.3. The maximum Gasteiger partial charge on any atom is 0.312 e. The van der Waals surface area contributed by atoms with Gasteiger partial charge in [-0.1, -0.05) is 41.5 Å². The van der Waals surface area contributed by atoms with Crippen molar-refractivity contribution in [1.29, 1.82) is 0 Å². The van der Waals surface area contributed by atoms with Crippen LogP contribution in [-0.2, 0) is 14.3 Å². The van der Waals surface area contributed by atoms with E-state index < -0.39 is 17.4 Å². The number of carboxylic acid groups (broad SMARTS) is 1. The molecule has 0 saturated heterocycles. The van der Waals surface area contributed by atoms with Gasteiger partial charge in [0.2, 0.25) is 0 Å². The minimum atomic E-state index is -0.977. The molecular weight excluding hydrogens is 244 g/mol. The minimum absolute atomic E-state index is 0.123. The van der Waals surface area contributed by atoms with Gasteiger partial charge in [-0.2, -0.15) is 0 Å². The second kappa shape index (κ2) is 5.93. The number of carboxylic acids is 1. The van der Waals surface area contributed by atoms with E-state index in [-0.39, 0.29) is 17.3 Å². The number of ether oxygens (including phenoxy) is 1. The van der Waals surface area contributed by atoms with Crippen LogP contribution in [0.25, 0.3) is 0 Å². The van der Waals surface area contributed by atoms with Crippen molar-refractivity contribution in [2.75, 3.05) is 6.61 Å². The summed E-state index contributed by atoms with van der Waals surface area (Å²) in [6, 6.07) is 0. The maximum absolute atomic E-state index is 12.2. The lowest BCUT2D eigenvalue weighted by Gasteiger charge is -2.33. The molecule has 0 aromatic heterocycles. The third kappa shape index (κ3) is 7.85. The van der Waals surface area contributed by atoms with Gasteiger partial charge in [0.05, 0.1) is 18.4 Å². The Kier molecular flexibility index (Phi) is 5.60. The topological polar surface area (TPSA) is 63.6 Å². The zero-order valence-electron chi connectivity index (χ0n) is 13.3. The number of rotatable bonds is 5. The highest BCUT2D eigenvalue weighted by molar-refractivity contribution is 5.82. The fraction of sp³-hybridized carbons (Fsp3) is 0.867. The van der Waals surface area contributed by atoms with Crippen molar-refractivity contribution in [3.63, 3.8) is 0 Å². The summed E-state index contributed by atoms with van der Waals surface area (Å²) in [5.74, 6) is -1.39. The second-order valence-electron chi connectivity index (χ2n) is 8.01. The number of hydrogen-bond acceptors (Lipinski definition) is 3. The van der Waals surface area contributed by atoms with Gasteiger partial charge in [-0.25, -0.2) is 0 Å². The predicted octanol–water partition coefficient (Wildman–Crippen LogP) is 3.49. The van der Waals surface area contributed by atoms with Gasteiger partial charge in [-0.3, -0.25) is 9.59 Å². The molecule has 1 unspecified atom stereocenters. The van der Waals surface area contributed by atoms with E-state index in [0.29, 0.717) is 13.0 Å². The Labute approximate surface area is 116 Å². The van der Waals surface area contributed by atoms with E-state index in [4.69, 9.17) is 9.84 Å². The first-order valence-corrected chi connectivity index (χ1v) is 6.64. The van der Waals surface area contributed by atoms with Gasteiger partial charge in [-0.15, -0.1) is 0 Å². The Balaban J connectivity index is 4.93. The standard InChI is InChI=1S/C15H28O4/c1-13(2,3)9-15(7,8-11(16)17)12(18)19-10-14(4,5)6/h8-10H2,1-7H3,(H,16,17). The molecule has 0 saturated carbocycles. The molecule has 0 bridgehead atoms. The van der Waals surface area contributed by atoms with Gasteiger partial charge in [0.25, 0.3) is 0 Å². The van der Waals surface area contributed by atoms with E-state index in [2.05, 4.69) is 0 Å². The van der Waals surface area contributed by atoms with Crippen LogP contribution in [0.4, 0.5) is 0 Å². The third-order valence-electron chi connectivity index (χ3n) is 2.59. The summed E-state index contributed by atoms with van der Waals surface area (Å²) in [7, 11) is 0. The summed E-state index contributed by atoms with van der Waals surface area (Å²) < 4.78 is 5.32. The van der Waals surface area contributed by atoms with Crippen LogP contribution in [0.1, 0.15) is 61.3 Å².